The number of hydrogen-bond acceptors (Lipinski definition) is 3. The minimum atomic E-state index is 0.0233. The van der Waals surface area contributed by atoms with Gasteiger partial charge in [0.25, 0.3) is 0 Å². The number of Topliss-reactive ketones (excluding diaryl/α,β-unsaturated/α-hetero) is 1. The molecule has 0 aliphatic heterocycles. The summed E-state index contributed by atoms with van der Waals surface area (Å²) in [4.78, 5) is 15.7. The number of unbranched alkanes of at least 4 members (excludes halogenated alkanes) is 1. The molecule has 0 aliphatic rings. The second-order valence-electron chi connectivity index (χ2n) is 3.04. The van der Waals surface area contributed by atoms with E-state index in [1.807, 2.05) is 0 Å². The first-order valence-corrected chi connectivity index (χ1v) is 4.75. The molecule has 0 bridgehead atoms. The molecule has 0 atom stereocenters. The van der Waals surface area contributed by atoms with Crippen LogP contribution in [0.3, 0.4) is 0 Å². The van der Waals surface area contributed by atoms with E-state index in [1.54, 1.807) is 18.3 Å². The molecule has 3 nitrogen and oxygen atoms in total. The lowest BCUT2D eigenvalue weighted by Gasteiger charge is -2.04. The molecule has 0 saturated carbocycles. The average Bonchev–Trinajstić information content (AvgIpc) is 2.29. The quantitative estimate of drug-likeness (QED) is 0.418. The number of nitrogens with zero attached hydrogens (tertiary/aromatic N) is 1. The summed E-state index contributed by atoms with van der Waals surface area (Å²) in [6.45, 7) is 0. The summed E-state index contributed by atoms with van der Waals surface area (Å²) < 4.78 is 5.00. The van der Waals surface area contributed by atoms with E-state index in [0.29, 0.717) is 30.7 Å². The zero-order valence-electron chi connectivity index (χ0n) is 8.69. The van der Waals surface area contributed by atoms with Crippen LogP contribution >= 0.6 is 0 Å². The van der Waals surface area contributed by atoms with Gasteiger partial charge in [0.2, 0.25) is 5.88 Å². The molecule has 0 aliphatic carbocycles. The van der Waals surface area contributed by atoms with Crippen LogP contribution in [-0.2, 0) is 0 Å². The molecule has 0 aromatic carbocycles. The van der Waals surface area contributed by atoms with Crippen molar-refractivity contribution in [3.63, 3.8) is 0 Å². The summed E-state index contributed by atoms with van der Waals surface area (Å²) in [5.74, 6) is 2.91. The van der Waals surface area contributed by atoms with Crippen molar-refractivity contribution < 1.29 is 9.53 Å². The Bertz CT molecular complexity index is 379. The number of rotatable bonds is 5. The molecular formula is C12H13NO2. The van der Waals surface area contributed by atoms with Crippen LogP contribution in [0.25, 0.3) is 0 Å². The van der Waals surface area contributed by atoms with Crippen molar-refractivity contribution in [2.24, 2.45) is 0 Å². The van der Waals surface area contributed by atoms with Crippen molar-refractivity contribution in [1.82, 2.24) is 4.98 Å². The van der Waals surface area contributed by atoms with E-state index in [9.17, 15) is 4.79 Å². The average molecular weight is 203 g/mol. The van der Waals surface area contributed by atoms with Crippen molar-refractivity contribution >= 4 is 5.78 Å². The van der Waals surface area contributed by atoms with Gasteiger partial charge in [-0.25, -0.2) is 4.98 Å². The number of ether oxygens (including phenoxy) is 1. The van der Waals surface area contributed by atoms with E-state index in [0.717, 1.165) is 0 Å². The van der Waals surface area contributed by atoms with Crippen LogP contribution in [0.15, 0.2) is 18.3 Å². The Balaban J connectivity index is 2.69. The monoisotopic (exact) mass is 203 g/mol. The van der Waals surface area contributed by atoms with Gasteiger partial charge in [-0.3, -0.25) is 4.79 Å². The zero-order chi connectivity index (χ0) is 11.1. The van der Waals surface area contributed by atoms with Gasteiger partial charge in [0.15, 0.2) is 5.78 Å². The molecule has 0 radical (unpaired) electrons. The lowest BCUT2D eigenvalue weighted by molar-refractivity contribution is 0.0977. The van der Waals surface area contributed by atoms with Gasteiger partial charge < -0.3 is 4.74 Å². The van der Waals surface area contributed by atoms with Crippen LogP contribution in [0.2, 0.25) is 0 Å². The summed E-state index contributed by atoms with van der Waals surface area (Å²) in [5, 5.41) is 0. The molecule has 0 unspecified atom stereocenters. The fourth-order valence-corrected chi connectivity index (χ4v) is 1.25. The lowest BCUT2D eigenvalue weighted by Crippen LogP contribution is -2.03. The fourth-order valence-electron chi connectivity index (χ4n) is 1.25. The van der Waals surface area contributed by atoms with Crippen molar-refractivity contribution in [1.29, 1.82) is 0 Å². The molecule has 0 amide bonds. The van der Waals surface area contributed by atoms with E-state index in [4.69, 9.17) is 11.2 Å². The third-order valence-corrected chi connectivity index (χ3v) is 1.99. The SMILES string of the molecule is C#CCCCC(=O)c1cccnc1OC. The summed E-state index contributed by atoms with van der Waals surface area (Å²) in [6.07, 6.45) is 8.46. The number of methoxy groups -OCH3 is 1. The maximum Gasteiger partial charge on any atom is 0.224 e. The van der Waals surface area contributed by atoms with E-state index in [1.165, 1.54) is 7.11 Å². The molecule has 1 rings (SSSR count). The normalized spacial score (nSPS) is 9.33. The van der Waals surface area contributed by atoms with Crippen LogP contribution in [0.4, 0.5) is 0 Å². The maximum atomic E-state index is 11.7. The highest BCUT2D eigenvalue weighted by molar-refractivity contribution is 5.98. The molecule has 1 aromatic heterocycles. The number of aromatic nitrogens is 1. The predicted molar refractivity (Wildman–Crippen MR) is 57.8 cm³/mol. The molecule has 0 saturated heterocycles. The molecule has 15 heavy (non-hydrogen) atoms. The summed E-state index contributed by atoms with van der Waals surface area (Å²) in [7, 11) is 1.50. The first-order valence-electron chi connectivity index (χ1n) is 4.75. The standard InChI is InChI=1S/C12H13NO2/c1-3-4-5-8-11(14)10-7-6-9-13-12(10)15-2/h1,6-7,9H,4-5,8H2,2H3. The highest BCUT2D eigenvalue weighted by atomic mass is 16.5. The number of carbonyl (C=O) groups is 1. The van der Waals surface area contributed by atoms with E-state index < -0.39 is 0 Å². The largest absolute Gasteiger partial charge is 0.480 e. The summed E-state index contributed by atoms with van der Waals surface area (Å²) in [5.41, 5.74) is 0.525. The highest BCUT2D eigenvalue weighted by Crippen LogP contribution is 2.16. The highest BCUT2D eigenvalue weighted by Gasteiger charge is 2.11. The fraction of sp³-hybridized carbons (Fsp3) is 0.333. The molecule has 0 fully saturated rings. The van der Waals surface area contributed by atoms with Gasteiger partial charge in [-0.1, -0.05) is 0 Å². The second-order valence-corrected chi connectivity index (χ2v) is 3.04. The van der Waals surface area contributed by atoms with Crippen LogP contribution in [0, 0.1) is 12.3 Å². The Hall–Kier alpha value is -1.82. The Morgan fingerprint density at radius 1 is 1.67 bits per heavy atom. The first-order chi connectivity index (χ1) is 7.29. The van der Waals surface area contributed by atoms with Gasteiger partial charge >= 0.3 is 0 Å². The third kappa shape index (κ3) is 3.10. The number of carbonyl (C=O) groups excluding carboxylic acids is 1. The second kappa shape index (κ2) is 5.82. The topological polar surface area (TPSA) is 39.2 Å². The minimum absolute atomic E-state index is 0.0233. The van der Waals surface area contributed by atoms with Gasteiger partial charge in [0.1, 0.15) is 0 Å². The third-order valence-electron chi connectivity index (χ3n) is 1.99. The Morgan fingerprint density at radius 3 is 3.13 bits per heavy atom. The summed E-state index contributed by atoms with van der Waals surface area (Å²) >= 11 is 0. The number of terminal acetylenes is 1. The smallest absolute Gasteiger partial charge is 0.224 e. The predicted octanol–water partition coefficient (Wildman–Crippen LogP) is 2.08. The van der Waals surface area contributed by atoms with Crippen LogP contribution in [0.1, 0.15) is 29.6 Å². The molecule has 78 valence electrons. The number of pyridine rings is 1. The first kappa shape index (κ1) is 11.3. The lowest BCUT2D eigenvalue weighted by atomic mass is 10.1. The number of hydrogen-bond donors (Lipinski definition) is 0. The van der Waals surface area contributed by atoms with Crippen molar-refractivity contribution in [2.75, 3.05) is 7.11 Å². The molecule has 1 heterocycles. The van der Waals surface area contributed by atoms with E-state index >= 15 is 0 Å². The van der Waals surface area contributed by atoms with Crippen LogP contribution in [0.5, 0.6) is 5.88 Å². The van der Waals surface area contributed by atoms with Crippen LogP contribution < -0.4 is 4.74 Å². The Kier molecular flexibility index (Phi) is 4.36. The Labute approximate surface area is 89.5 Å². The Morgan fingerprint density at radius 2 is 2.47 bits per heavy atom. The minimum Gasteiger partial charge on any atom is -0.480 e. The van der Waals surface area contributed by atoms with E-state index in [-0.39, 0.29) is 5.78 Å². The molecule has 0 spiro atoms. The van der Waals surface area contributed by atoms with Gasteiger partial charge in [0.05, 0.1) is 12.7 Å². The zero-order valence-corrected chi connectivity index (χ0v) is 8.69. The molecular weight excluding hydrogens is 190 g/mol. The van der Waals surface area contributed by atoms with Gasteiger partial charge in [-0.15, -0.1) is 12.3 Å². The molecule has 0 N–H and O–H groups in total. The number of ketones is 1. The van der Waals surface area contributed by atoms with Crippen molar-refractivity contribution in [3.05, 3.63) is 23.9 Å². The molecule has 1 aromatic rings. The maximum absolute atomic E-state index is 11.7. The van der Waals surface area contributed by atoms with E-state index in [2.05, 4.69) is 10.9 Å². The van der Waals surface area contributed by atoms with Gasteiger partial charge in [-0.05, 0) is 18.6 Å². The molecule has 3 heteroatoms. The van der Waals surface area contributed by atoms with Crippen LogP contribution in [-0.4, -0.2) is 17.9 Å². The van der Waals surface area contributed by atoms with Gasteiger partial charge in [-0.2, -0.15) is 0 Å². The van der Waals surface area contributed by atoms with Gasteiger partial charge in [0, 0.05) is 19.0 Å². The summed E-state index contributed by atoms with van der Waals surface area (Å²) in [6, 6.07) is 3.43. The van der Waals surface area contributed by atoms with Crippen molar-refractivity contribution in [3.8, 4) is 18.2 Å². The van der Waals surface area contributed by atoms with Crippen molar-refractivity contribution in [2.45, 2.75) is 19.3 Å².